The van der Waals surface area contributed by atoms with Crippen molar-refractivity contribution in [1.29, 1.82) is 5.26 Å². The highest BCUT2D eigenvalue weighted by molar-refractivity contribution is 5.81. The van der Waals surface area contributed by atoms with Gasteiger partial charge in [0, 0.05) is 6.61 Å². The van der Waals surface area contributed by atoms with Crippen LogP contribution in [0.25, 0.3) is 0 Å². The van der Waals surface area contributed by atoms with Crippen LogP contribution in [0.3, 0.4) is 0 Å². The fourth-order valence-electron chi connectivity index (χ4n) is 2.11. The molecule has 0 saturated carbocycles. The fraction of sp³-hybridized carbons (Fsp3) is 0.429. The van der Waals surface area contributed by atoms with Gasteiger partial charge in [0.25, 0.3) is 0 Å². The van der Waals surface area contributed by atoms with Crippen molar-refractivity contribution in [1.82, 2.24) is 5.32 Å². The highest BCUT2D eigenvalue weighted by Gasteiger charge is 2.26. The minimum absolute atomic E-state index is 0.192. The topological polar surface area (TPSA) is 62.1 Å². The van der Waals surface area contributed by atoms with Gasteiger partial charge in [0.2, 0.25) is 5.91 Å². The number of carbonyl (C=O) groups excluding carboxylic acids is 1. The quantitative estimate of drug-likeness (QED) is 0.882. The first-order chi connectivity index (χ1) is 8.72. The lowest BCUT2D eigenvalue weighted by molar-refractivity contribution is -0.130. The molecule has 0 aliphatic carbocycles. The van der Waals surface area contributed by atoms with Crippen molar-refractivity contribution in [3.05, 3.63) is 35.4 Å². The number of hydrogen-bond donors (Lipinski definition) is 1. The highest BCUT2D eigenvalue weighted by atomic mass is 16.5. The van der Waals surface area contributed by atoms with Crippen molar-refractivity contribution in [2.24, 2.45) is 0 Å². The van der Waals surface area contributed by atoms with Crippen LogP contribution in [0.5, 0.6) is 0 Å². The minimum atomic E-state index is -0.608. The van der Waals surface area contributed by atoms with Crippen LogP contribution in [0.15, 0.2) is 24.3 Å². The first-order valence-electron chi connectivity index (χ1n) is 6.09. The van der Waals surface area contributed by atoms with Gasteiger partial charge in [0.1, 0.15) is 12.1 Å². The van der Waals surface area contributed by atoms with E-state index < -0.39 is 12.1 Å². The maximum atomic E-state index is 11.9. The average Bonchev–Trinajstić information content (AvgIpc) is 2.90. The standard InChI is InChI=1S/C14H16N2O2/c1-10-5-2-3-6-11(10)12(9-15)16-14(17)13-7-4-8-18-13/h2-3,5-6,12-13H,4,7-8H2,1H3,(H,16,17). The molecule has 1 fully saturated rings. The van der Waals surface area contributed by atoms with Crippen LogP contribution in [0.4, 0.5) is 0 Å². The third-order valence-corrected chi connectivity index (χ3v) is 3.14. The summed E-state index contributed by atoms with van der Waals surface area (Å²) >= 11 is 0. The second kappa shape index (κ2) is 5.65. The summed E-state index contributed by atoms with van der Waals surface area (Å²) in [4.78, 5) is 11.9. The summed E-state index contributed by atoms with van der Waals surface area (Å²) < 4.78 is 5.30. The van der Waals surface area contributed by atoms with E-state index in [2.05, 4.69) is 11.4 Å². The summed E-state index contributed by atoms with van der Waals surface area (Å²) in [7, 11) is 0. The number of ether oxygens (including phenoxy) is 1. The molecule has 1 heterocycles. The summed E-state index contributed by atoms with van der Waals surface area (Å²) in [6.45, 7) is 2.55. The summed E-state index contributed by atoms with van der Waals surface area (Å²) in [5.41, 5.74) is 1.84. The van der Waals surface area contributed by atoms with Crippen LogP contribution >= 0.6 is 0 Å². The number of amides is 1. The van der Waals surface area contributed by atoms with E-state index in [0.29, 0.717) is 6.61 Å². The summed E-state index contributed by atoms with van der Waals surface area (Å²) in [5.74, 6) is -0.192. The van der Waals surface area contributed by atoms with Crippen LogP contribution in [0.1, 0.15) is 30.0 Å². The second-order valence-corrected chi connectivity index (χ2v) is 4.43. The van der Waals surface area contributed by atoms with Crippen molar-refractivity contribution in [2.75, 3.05) is 6.61 Å². The lowest BCUT2D eigenvalue weighted by atomic mass is 10.0. The molecule has 0 bridgehead atoms. The molecule has 1 amide bonds. The number of nitriles is 1. The zero-order valence-electron chi connectivity index (χ0n) is 10.3. The van der Waals surface area contributed by atoms with Gasteiger partial charge >= 0.3 is 0 Å². The molecular formula is C14H16N2O2. The van der Waals surface area contributed by atoms with Crippen molar-refractivity contribution in [3.63, 3.8) is 0 Å². The Hall–Kier alpha value is -1.86. The van der Waals surface area contributed by atoms with Crippen LogP contribution in [-0.4, -0.2) is 18.6 Å². The molecule has 1 N–H and O–H groups in total. The van der Waals surface area contributed by atoms with Gasteiger partial charge in [0.05, 0.1) is 6.07 Å². The van der Waals surface area contributed by atoms with E-state index in [9.17, 15) is 10.1 Å². The number of carbonyl (C=O) groups is 1. The molecule has 0 radical (unpaired) electrons. The number of aryl methyl sites for hydroxylation is 1. The molecule has 1 aliphatic rings. The SMILES string of the molecule is Cc1ccccc1C(C#N)NC(=O)C1CCCO1. The van der Waals surface area contributed by atoms with Crippen LogP contribution in [0.2, 0.25) is 0 Å². The third-order valence-electron chi connectivity index (χ3n) is 3.14. The Morgan fingerprint density at radius 1 is 1.56 bits per heavy atom. The first kappa shape index (κ1) is 12.6. The van der Waals surface area contributed by atoms with E-state index in [1.165, 1.54) is 0 Å². The number of rotatable bonds is 3. The predicted octanol–water partition coefficient (Wildman–Crippen LogP) is 1.85. The summed E-state index contributed by atoms with van der Waals surface area (Å²) in [6, 6.07) is 9.08. The zero-order valence-corrected chi connectivity index (χ0v) is 10.3. The molecular weight excluding hydrogens is 228 g/mol. The number of nitrogens with one attached hydrogen (secondary N) is 1. The van der Waals surface area contributed by atoms with Crippen LogP contribution < -0.4 is 5.32 Å². The molecule has 1 aromatic carbocycles. The Balaban J connectivity index is 2.08. The van der Waals surface area contributed by atoms with Crippen molar-refractivity contribution < 1.29 is 9.53 Å². The Bertz CT molecular complexity index is 473. The Morgan fingerprint density at radius 2 is 2.33 bits per heavy atom. The van der Waals surface area contributed by atoms with Crippen LogP contribution in [0, 0.1) is 18.3 Å². The largest absolute Gasteiger partial charge is 0.368 e. The molecule has 1 saturated heterocycles. The predicted molar refractivity (Wildman–Crippen MR) is 66.6 cm³/mol. The van der Waals surface area contributed by atoms with E-state index in [1.54, 1.807) is 0 Å². The van der Waals surface area contributed by atoms with Gasteiger partial charge in [-0.2, -0.15) is 5.26 Å². The van der Waals surface area contributed by atoms with E-state index in [1.807, 2.05) is 31.2 Å². The highest BCUT2D eigenvalue weighted by Crippen LogP contribution is 2.18. The van der Waals surface area contributed by atoms with E-state index in [-0.39, 0.29) is 5.91 Å². The van der Waals surface area contributed by atoms with Gasteiger partial charge in [-0.1, -0.05) is 24.3 Å². The molecule has 1 aromatic rings. The monoisotopic (exact) mass is 244 g/mol. The van der Waals surface area contributed by atoms with E-state index in [0.717, 1.165) is 24.0 Å². The van der Waals surface area contributed by atoms with Gasteiger partial charge in [-0.3, -0.25) is 4.79 Å². The molecule has 18 heavy (non-hydrogen) atoms. The van der Waals surface area contributed by atoms with Gasteiger partial charge in [-0.15, -0.1) is 0 Å². The van der Waals surface area contributed by atoms with Crippen molar-refractivity contribution in [2.45, 2.75) is 31.9 Å². The molecule has 4 heteroatoms. The number of hydrogen-bond acceptors (Lipinski definition) is 3. The molecule has 2 rings (SSSR count). The maximum Gasteiger partial charge on any atom is 0.250 e. The normalized spacial score (nSPS) is 20.1. The Labute approximate surface area is 107 Å². The fourth-order valence-corrected chi connectivity index (χ4v) is 2.11. The third kappa shape index (κ3) is 2.69. The van der Waals surface area contributed by atoms with Gasteiger partial charge in [0.15, 0.2) is 0 Å². The molecule has 1 aliphatic heterocycles. The van der Waals surface area contributed by atoms with Gasteiger partial charge < -0.3 is 10.1 Å². The van der Waals surface area contributed by atoms with E-state index in [4.69, 9.17) is 4.74 Å². The second-order valence-electron chi connectivity index (χ2n) is 4.43. The van der Waals surface area contributed by atoms with Gasteiger partial charge in [-0.05, 0) is 30.9 Å². The zero-order chi connectivity index (χ0) is 13.0. The summed E-state index contributed by atoms with van der Waals surface area (Å²) in [6.07, 6.45) is 1.24. The van der Waals surface area contributed by atoms with Crippen molar-refractivity contribution in [3.8, 4) is 6.07 Å². The lowest BCUT2D eigenvalue weighted by Crippen LogP contribution is -2.36. The Kier molecular flexibility index (Phi) is 3.96. The summed E-state index contributed by atoms with van der Waals surface area (Å²) in [5, 5.41) is 11.9. The van der Waals surface area contributed by atoms with Crippen LogP contribution in [-0.2, 0) is 9.53 Å². The van der Waals surface area contributed by atoms with E-state index >= 15 is 0 Å². The number of benzene rings is 1. The minimum Gasteiger partial charge on any atom is -0.368 e. The Morgan fingerprint density at radius 3 is 2.94 bits per heavy atom. The van der Waals surface area contributed by atoms with Crippen molar-refractivity contribution >= 4 is 5.91 Å². The first-order valence-corrected chi connectivity index (χ1v) is 6.09. The smallest absolute Gasteiger partial charge is 0.250 e. The van der Waals surface area contributed by atoms with Gasteiger partial charge in [-0.25, -0.2) is 0 Å². The maximum absolute atomic E-state index is 11.9. The molecule has 2 unspecified atom stereocenters. The molecule has 2 atom stereocenters. The number of nitrogens with zero attached hydrogens (tertiary/aromatic N) is 1. The molecule has 0 spiro atoms. The molecule has 0 aromatic heterocycles. The average molecular weight is 244 g/mol. The molecule has 4 nitrogen and oxygen atoms in total. The molecule has 94 valence electrons. The lowest BCUT2D eigenvalue weighted by Gasteiger charge is -2.16.